The van der Waals surface area contributed by atoms with Crippen LogP contribution in [0.15, 0.2) is 292 Å². The van der Waals surface area contributed by atoms with Crippen LogP contribution in [0.5, 0.6) is 0 Å². The number of carbonyl (C=O) groups is 4. The highest BCUT2D eigenvalue weighted by atomic mass is 35.5. The molecule has 4 aliphatic rings. The first-order valence-electron chi connectivity index (χ1n) is 42.5. The number of anilines is 8. The molecule has 0 aliphatic carbocycles. The summed E-state index contributed by atoms with van der Waals surface area (Å²) >= 11 is 25.6. The number of pyridine rings is 4. The Labute approximate surface area is 811 Å². The molecule has 0 bridgehead atoms. The van der Waals surface area contributed by atoms with E-state index in [1.54, 1.807) is 97.5 Å². The van der Waals surface area contributed by atoms with Gasteiger partial charge in [-0.25, -0.2) is 75.2 Å². The molecule has 4 fully saturated rings. The Balaban J connectivity index is 0.000000127. The number of fused-ring (bicyclic) bond motifs is 4. The van der Waals surface area contributed by atoms with Gasteiger partial charge in [0.05, 0.1) is 148 Å². The zero-order valence-corrected chi connectivity index (χ0v) is 79.0. The van der Waals surface area contributed by atoms with Crippen molar-refractivity contribution < 1.29 is 76.2 Å². The molecule has 700 valence electrons. The lowest BCUT2D eigenvalue weighted by Gasteiger charge is -2.28. The number of aromatic nitrogens is 6. The molecule has 9 heterocycles. The van der Waals surface area contributed by atoms with Crippen LogP contribution < -0.4 is 38.5 Å². The van der Waals surface area contributed by atoms with Crippen molar-refractivity contribution >= 4 is 199 Å². The van der Waals surface area contributed by atoms with Crippen molar-refractivity contribution in [3.63, 3.8) is 0 Å². The monoisotopic (exact) mass is 2010 g/mol. The van der Waals surface area contributed by atoms with Gasteiger partial charge in [-0.2, -0.15) is 0 Å². The number of nitrogens with zero attached hydrogens (tertiary/aromatic N) is 10. The van der Waals surface area contributed by atoms with Crippen molar-refractivity contribution in [3.8, 4) is 45.2 Å². The number of ether oxygens (including phenoxy) is 4. The second kappa shape index (κ2) is 41.5. The highest BCUT2D eigenvalue weighted by molar-refractivity contribution is 7.93. The molecular formula is C99H79Cl4FN14O16S4. The fraction of sp³-hybridized carbons (Fsp3) is 0.131. The molecule has 0 saturated carbocycles. The predicted molar refractivity (Wildman–Crippen MR) is 535 cm³/mol. The highest BCUT2D eigenvalue weighted by Gasteiger charge is 2.33. The molecule has 0 atom stereocenters. The lowest BCUT2D eigenvalue weighted by atomic mass is 10.1. The molecule has 4 saturated heterocycles. The van der Waals surface area contributed by atoms with E-state index < -0.39 is 63.6 Å². The number of para-hydroxylation sites is 3. The fourth-order valence-electron chi connectivity index (χ4n) is 15.1. The summed E-state index contributed by atoms with van der Waals surface area (Å²) in [5.74, 6) is -2.58. The summed E-state index contributed by atoms with van der Waals surface area (Å²) in [6.45, 7) is 2.11. The maximum atomic E-state index is 14.8. The summed E-state index contributed by atoms with van der Waals surface area (Å²) in [6.07, 6.45) is 5.14. The summed E-state index contributed by atoms with van der Waals surface area (Å²) in [5.41, 5.74) is 13.2. The molecule has 16 aromatic rings. The molecule has 20 rings (SSSR count). The van der Waals surface area contributed by atoms with Gasteiger partial charge in [-0.1, -0.05) is 131 Å². The minimum atomic E-state index is -3.58. The average Bonchev–Trinajstić information content (AvgIpc) is 0.787. The number of carbonyl (C=O) groups excluding carboxylic acids is 4. The van der Waals surface area contributed by atoms with Crippen LogP contribution in [-0.2, 0) is 59.0 Å². The summed E-state index contributed by atoms with van der Waals surface area (Å²) in [4.78, 5) is 78.9. The summed E-state index contributed by atoms with van der Waals surface area (Å²) in [6, 6.07) is 78.4. The van der Waals surface area contributed by atoms with Crippen LogP contribution in [0.1, 0.15) is 47.0 Å². The first kappa shape index (κ1) is 95.7. The molecule has 0 radical (unpaired) electrons. The summed E-state index contributed by atoms with van der Waals surface area (Å²) < 4.78 is 138. The van der Waals surface area contributed by atoms with Crippen molar-refractivity contribution in [2.24, 2.45) is 0 Å². The average molecular weight is 2010 g/mol. The first-order valence-corrected chi connectivity index (χ1v) is 50.4. The quantitative estimate of drug-likeness (QED) is 0.0698. The molecule has 138 heavy (non-hydrogen) atoms. The van der Waals surface area contributed by atoms with Gasteiger partial charge < -0.3 is 40.2 Å². The van der Waals surface area contributed by atoms with Gasteiger partial charge in [-0.05, 0) is 201 Å². The van der Waals surface area contributed by atoms with Crippen LogP contribution in [0.4, 0.5) is 49.9 Å². The second-order valence-corrected chi connectivity index (χ2v) is 41.1. The van der Waals surface area contributed by atoms with Crippen molar-refractivity contribution in [2.75, 3.05) is 115 Å². The van der Waals surface area contributed by atoms with Gasteiger partial charge in [0, 0.05) is 90.7 Å². The van der Waals surface area contributed by atoms with E-state index in [1.807, 2.05) is 146 Å². The van der Waals surface area contributed by atoms with Gasteiger partial charge in [0.1, 0.15) is 32.7 Å². The fourth-order valence-corrected chi connectivity index (χ4v) is 20.9. The standard InChI is InChI=1S/C25H19Cl2N3O4S.C25H20FN3O4S.C25H22N4O4S.C24H18Cl2N4O4S/c26-21-9-6-17(13-20(21)24-10-5-16-3-1-2-4-23(16)29-24)28-25(31)19-8-7-18(14-22(19)27)30-15-34-11-12-35(30,32)33;26-22-15-20(29-16-33-12-13-34(29,31)32)9-10-21(22)25(30)27-19-6-3-5-18(14-19)24-11-8-17-4-1-2-7-23(17)28-24;1-17-6-9-20(14-22(17)24-26-15-19-4-2-3-5-23(19)28-24)27-25(30)18-7-10-21(11-8-18)29-16-33-12-13-34(29,31)32;25-20-6-3-15(12-19(20)23-18-2-1-8-27-22(18)7-9-28-23)29-24(31)17-5-4-16(13-21(17)26)30-14-34-10-11-35(30,32)33/h1-10,13-14H,11-12,15H2,(H,28,31);1-11,14-15H,12-13,16H2,(H,27,30);2-11,14-15H,12-13,16H2,1H3,(H,27,30);1-9,12-13H,10-11,14H2,(H,29,31). The van der Waals surface area contributed by atoms with Crippen LogP contribution in [0, 0.1) is 12.7 Å². The lowest BCUT2D eigenvalue weighted by Crippen LogP contribution is -2.41. The van der Waals surface area contributed by atoms with E-state index in [0.717, 1.165) is 85.0 Å². The molecule has 5 aromatic heterocycles. The number of amides is 4. The minimum Gasteiger partial charge on any atom is -0.359 e. The highest BCUT2D eigenvalue weighted by Crippen LogP contribution is 2.39. The Bertz CT molecular complexity index is 7960. The van der Waals surface area contributed by atoms with E-state index in [0.29, 0.717) is 83.8 Å². The van der Waals surface area contributed by atoms with Gasteiger partial charge in [0.15, 0.2) is 5.82 Å². The number of benzene rings is 11. The molecule has 30 nitrogen and oxygen atoms in total. The minimum absolute atomic E-state index is 0.0309. The molecule has 4 aliphatic heterocycles. The normalized spacial score (nSPS) is 15.2. The number of hydrogen-bond acceptors (Lipinski definition) is 22. The maximum absolute atomic E-state index is 14.8. The van der Waals surface area contributed by atoms with Crippen molar-refractivity contribution in [3.05, 3.63) is 345 Å². The van der Waals surface area contributed by atoms with Crippen LogP contribution in [-0.4, -0.2) is 164 Å². The van der Waals surface area contributed by atoms with Gasteiger partial charge >= 0.3 is 0 Å². The number of aryl methyl sites for hydroxylation is 1. The number of nitrogens with one attached hydrogen (secondary N) is 4. The molecule has 4 N–H and O–H groups in total. The second-order valence-electron chi connectivity index (χ2n) is 31.4. The van der Waals surface area contributed by atoms with Gasteiger partial charge in [-0.3, -0.25) is 29.1 Å². The van der Waals surface area contributed by atoms with E-state index in [-0.39, 0.29) is 115 Å². The van der Waals surface area contributed by atoms with Gasteiger partial charge in [0.25, 0.3) is 23.6 Å². The molecule has 0 spiro atoms. The van der Waals surface area contributed by atoms with Crippen LogP contribution in [0.3, 0.4) is 0 Å². The Kier molecular flexibility index (Phi) is 28.8. The van der Waals surface area contributed by atoms with Gasteiger partial charge in [-0.15, -0.1) is 0 Å². The number of rotatable bonds is 16. The molecule has 4 amide bonds. The number of hydrogen-bond donors (Lipinski definition) is 4. The van der Waals surface area contributed by atoms with E-state index in [1.165, 1.54) is 52.8 Å². The third-order valence-electron chi connectivity index (χ3n) is 22.3. The van der Waals surface area contributed by atoms with E-state index in [4.69, 9.17) is 65.4 Å². The van der Waals surface area contributed by atoms with Crippen LogP contribution >= 0.6 is 46.4 Å². The van der Waals surface area contributed by atoms with Crippen molar-refractivity contribution in [2.45, 2.75) is 6.92 Å². The Morgan fingerprint density at radius 1 is 0.348 bits per heavy atom. The van der Waals surface area contributed by atoms with E-state index in [9.17, 15) is 57.2 Å². The first-order chi connectivity index (χ1) is 66.5. The van der Waals surface area contributed by atoms with E-state index >= 15 is 0 Å². The Hall–Kier alpha value is -14.1. The lowest BCUT2D eigenvalue weighted by molar-refractivity contribution is 0.101. The maximum Gasteiger partial charge on any atom is 0.258 e. The molecule has 11 aromatic carbocycles. The third-order valence-corrected chi connectivity index (χ3v) is 30.3. The Morgan fingerprint density at radius 2 is 0.790 bits per heavy atom. The molecule has 39 heteroatoms. The van der Waals surface area contributed by atoms with E-state index in [2.05, 4.69) is 51.2 Å². The summed E-state index contributed by atoms with van der Waals surface area (Å²) in [5, 5.41) is 16.3. The molecular weight excluding hydrogens is 1930 g/mol. The Morgan fingerprint density at radius 3 is 1.33 bits per heavy atom. The largest absolute Gasteiger partial charge is 0.359 e. The predicted octanol–water partition coefficient (Wildman–Crippen LogP) is 19.0. The molecule has 0 unspecified atom stereocenters. The topological polar surface area (TPSA) is 380 Å². The third kappa shape index (κ3) is 22.0. The smallest absolute Gasteiger partial charge is 0.258 e. The van der Waals surface area contributed by atoms with Gasteiger partial charge in [0.2, 0.25) is 40.1 Å². The number of halogens is 5. The van der Waals surface area contributed by atoms with Crippen molar-refractivity contribution in [1.29, 1.82) is 0 Å². The zero-order chi connectivity index (χ0) is 96.6. The summed E-state index contributed by atoms with van der Waals surface area (Å²) in [7, 11) is -14.0. The number of sulfonamides is 4. The van der Waals surface area contributed by atoms with Crippen molar-refractivity contribution in [1.82, 2.24) is 29.9 Å². The SMILES string of the molecule is Cc1ccc(NC(=O)c2ccc(N3COCCS3(=O)=O)cc2)cc1-c1ncc2ccccc2n1.O=C(Nc1ccc(Cl)c(-c2ccc3ccccc3n2)c1)c1ccc(N2COCCS2(=O)=O)cc1Cl.O=C(Nc1ccc(Cl)c(-c2nccc3ncccc23)c1)c1ccc(N2COCCS2(=O)=O)cc1Cl.O=C(Nc1cccc(-c2ccc3ccccc3n2)c1)c1ccc(N2COCCS2(=O)=O)cc1F. The van der Waals surface area contributed by atoms with Crippen LogP contribution in [0.2, 0.25) is 20.1 Å². The van der Waals surface area contributed by atoms with Crippen LogP contribution in [0.25, 0.3) is 88.8 Å². The zero-order valence-electron chi connectivity index (χ0n) is 72.7.